The second-order valence-electron chi connectivity index (χ2n) is 4.60. The van der Waals surface area contributed by atoms with Gasteiger partial charge in [0.05, 0.1) is 16.5 Å². The molecule has 0 saturated carbocycles. The molecule has 0 bridgehead atoms. The maximum Gasteiger partial charge on any atom is 0.272 e. The maximum atomic E-state index is 12.2. The summed E-state index contributed by atoms with van der Waals surface area (Å²) >= 11 is 3.30. The van der Waals surface area contributed by atoms with Crippen molar-refractivity contribution < 1.29 is 4.79 Å². The molecular weight excluding hydrogens is 350 g/mol. The zero-order chi connectivity index (χ0) is 15.7. The molecule has 0 aliphatic rings. The zero-order valence-electron chi connectivity index (χ0n) is 11.1. The first kappa shape index (κ1) is 14.3. The van der Waals surface area contributed by atoms with Crippen molar-refractivity contribution in [3.05, 3.63) is 73.2 Å². The fraction of sp³-hybridized carbons (Fsp3) is 0. The Hall–Kier alpha value is -2.67. The highest BCUT2D eigenvalue weighted by Gasteiger charge is 2.12. The van der Waals surface area contributed by atoms with Gasteiger partial charge in [0.2, 0.25) is 0 Å². The van der Waals surface area contributed by atoms with Gasteiger partial charge in [-0.3, -0.25) is 24.6 Å². The summed E-state index contributed by atoms with van der Waals surface area (Å²) in [7, 11) is 0. The first-order chi connectivity index (χ1) is 10.6. The Morgan fingerprint density at radius 2 is 1.64 bits per heavy atom. The fourth-order valence-electron chi connectivity index (χ4n) is 2.13. The Labute approximate surface area is 132 Å². The number of H-pyrrole nitrogens is 2. The van der Waals surface area contributed by atoms with E-state index in [-0.39, 0.29) is 22.4 Å². The lowest BCUT2D eigenvalue weighted by molar-refractivity contribution is 0.102. The molecule has 0 aliphatic carbocycles. The summed E-state index contributed by atoms with van der Waals surface area (Å²) in [6, 6.07) is 11.5. The van der Waals surface area contributed by atoms with Crippen LogP contribution in [0.4, 0.5) is 5.69 Å². The highest BCUT2D eigenvalue weighted by atomic mass is 79.9. The Morgan fingerprint density at radius 1 is 0.955 bits per heavy atom. The molecule has 3 aromatic rings. The summed E-state index contributed by atoms with van der Waals surface area (Å²) < 4.78 is 0.859. The van der Waals surface area contributed by atoms with Gasteiger partial charge in [-0.15, -0.1) is 0 Å². The van der Waals surface area contributed by atoms with Crippen LogP contribution in [0.25, 0.3) is 10.8 Å². The van der Waals surface area contributed by atoms with Crippen molar-refractivity contribution in [1.29, 1.82) is 0 Å². The third-order valence-corrected chi connectivity index (χ3v) is 3.71. The Morgan fingerprint density at radius 3 is 2.36 bits per heavy atom. The molecule has 0 unspecified atom stereocenters. The van der Waals surface area contributed by atoms with E-state index in [2.05, 4.69) is 31.4 Å². The van der Waals surface area contributed by atoms with Crippen molar-refractivity contribution in [2.24, 2.45) is 0 Å². The van der Waals surface area contributed by atoms with Crippen LogP contribution in [-0.4, -0.2) is 16.1 Å². The Kier molecular flexibility index (Phi) is 3.64. The largest absolute Gasteiger partial charge is 0.321 e. The van der Waals surface area contributed by atoms with E-state index in [1.54, 1.807) is 36.4 Å². The van der Waals surface area contributed by atoms with Crippen molar-refractivity contribution in [2.45, 2.75) is 0 Å². The number of aromatic amines is 2. The predicted octanol–water partition coefficient (Wildman–Crippen LogP) is 2.23. The molecule has 0 spiro atoms. The molecule has 22 heavy (non-hydrogen) atoms. The smallest absolute Gasteiger partial charge is 0.272 e. The number of carbonyl (C=O) groups is 1. The highest BCUT2D eigenvalue weighted by molar-refractivity contribution is 9.10. The van der Waals surface area contributed by atoms with Gasteiger partial charge in [0, 0.05) is 10.0 Å². The molecule has 0 fully saturated rings. The highest BCUT2D eigenvalue weighted by Crippen LogP contribution is 2.18. The van der Waals surface area contributed by atoms with Gasteiger partial charge in [0.25, 0.3) is 17.0 Å². The van der Waals surface area contributed by atoms with Crippen LogP contribution in [0.2, 0.25) is 0 Å². The third-order valence-electron chi connectivity index (χ3n) is 3.18. The van der Waals surface area contributed by atoms with E-state index < -0.39 is 11.1 Å². The van der Waals surface area contributed by atoms with Crippen molar-refractivity contribution in [3.8, 4) is 0 Å². The van der Waals surface area contributed by atoms with E-state index >= 15 is 0 Å². The van der Waals surface area contributed by atoms with Crippen LogP contribution in [-0.2, 0) is 0 Å². The molecule has 7 heteroatoms. The number of amides is 1. The average Bonchev–Trinajstić information content (AvgIpc) is 2.52. The molecule has 0 atom stereocenters. The van der Waals surface area contributed by atoms with E-state index in [0.717, 1.165) is 4.47 Å². The Balaban J connectivity index is 2.06. The maximum absolute atomic E-state index is 12.2. The number of nitrogens with one attached hydrogen (secondary N) is 3. The van der Waals surface area contributed by atoms with E-state index in [9.17, 15) is 14.4 Å². The SMILES string of the molecule is O=C(Nc1cccc2c(=O)[nH][nH]c(=O)c12)c1ccc(Br)cc1. The van der Waals surface area contributed by atoms with Gasteiger partial charge in [-0.2, -0.15) is 0 Å². The summed E-state index contributed by atoms with van der Waals surface area (Å²) in [5.41, 5.74) is -0.158. The number of benzene rings is 2. The van der Waals surface area contributed by atoms with E-state index in [0.29, 0.717) is 5.56 Å². The zero-order valence-corrected chi connectivity index (χ0v) is 12.7. The van der Waals surface area contributed by atoms with E-state index in [1.807, 2.05) is 0 Å². The van der Waals surface area contributed by atoms with Gasteiger partial charge in [-0.1, -0.05) is 22.0 Å². The number of carbonyl (C=O) groups excluding carboxylic acids is 1. The lowest BCUT2D eigenvalue weighted by Gasteiger charge is -2.07. The van der Waals surface area contributed by atoms with Crippen LogP contribution < -0.4 is 16.4 Å². The molecule has 0 aliphatic heterocycles. The molecular formula is C15H10BrN3O3. The minimum absolute atomic E-state index is 0.150. The van der Waals surface area contributed by atoms with Gasteiger partial charge in [-0.25, -0.2) is 0 Å². The molecule has 3 rings (SSSR count). The molecule has 3 N–H and O–H groups in total. The second kappa shape index (κ2) is 5.61. The van der Waals surface area contributed by atoms with Gasteiger partial charge < -0.3 is 5.32 Å². The molecule has 1 aromatic heterocycles. The fourth-order valence-corrected chi connectivity index (χ4v) is 2.39. The second-order valence-corrected chi connectivity index (χ2v) is 5.51. The van der Waals surface area contributed by atoms with Crippen molar-refractivity contribution in [1.82, 2.24) is 10.2 Å². The first-order valence-electron chi connectivity index (χ1n) is 6.37. The average molecular weight is 360 g/mol. The standard InChI is InChI=1S/C15H10BrN3O3/c16-9-6-4-8(5-7-9)13(20)17-11-3-1-2-10-12(11)15(22)19-18-14(10)21/h1-7H,(H,17,20)(H,18,21)(H,19,22). The third kappa shape index (κ3) is 2.58. The molecule has 1 heterocycles. The van der Waals surface area contributed by atoms with Crippen molar-refractivity contribution in [2.75, 3.05) is 5.32 Å². The molecule has 1 amide bonds. The van der Waals surface area contributed by atoms with Crippen LogP contribution in [0.3, 0.4) is 0 Å². The van der Waals surface area contributed by atoms with Crippen molar-refractivity contribution >= 4 is 38.3 Å². The summed E-state index contributed by atoms with van der Waals surface area (Å²) in [5.74, 6) is -0.361. The quantitative estimate of drug-likeness (QED) is 0.654. The van der Waals surface area contributed by atoms with Crippen LogP contribution in [0, 0.1) is 0 Å². The number of halogens is 1. The number of aromatic nitrogens is 2. The van der Waals surface area contributed by atoms with Gasteiger partial charge in [-0.05, 0) is 36.4 Å². The summed E-state index contributed by atoms with van der Waals surface area (Å²) in [6.07, 6.45) is 0. The first-order valence-corrected chi connectivity index (χ1v) is 7.16. The summed E-state index contributed by atoms with van der Waals surface area (Å²) in [5, 5.41) is 7.53. The number of hydrogen-bond donors (Lipinski definition) is 3. The molecule has 110 valence electrons. The van der Waals surface area contributed by atoms with Gasteiger partial charge >= 0.3 is 0 Å². The lowest BCUT2D eigenvalue weighted by Crippen LogP contribution is -2.21. The number of fused-ring (bicyclic) bond motifs is 1. The molecule has 0 radical (unpaired) electrons. The van der Waals surface area contributed by atoms with E-state index in [4.69, 9.17) is 0 Å². The summed E-state index contributed by atoms with van der Waals surface area (Å²) in [6.45, 7) is 0. The van der Waals surface area contributed by atoms with E-state index in [1.165, 1.54) is 6.07 Å². The normalized spacial score (nSPS) is 10.6. The van der Waals surface area contributed by atoms with Gasteiger partial charge in [0.15, 0.2) is 0 Å². The summed E-state index contributed by atoms with van der Waals surface area (Å²) in [4.78, 5) is 35.9. The van der Waals surface area contributed by atoms with Crippen LogP contribution in [0.1, 0.15) is 10.4 Å². The van der Waals surface area contributed by atoms with Crippen LogP contribution in [0.15, 0.2) is 56.5 Å². The van der Waals surface area contributed by atoms with Crippen LogP contribution in [0.5, 0.6) is 0 Å². The van der Waals surface area contributed by atoms with Crippen molar-refractivity contribution in [3.63, 3.8) is 0 Å². The Bertz CT molecular complexity index is 974. The molecule has 6 nitrogen and oxygen atoms in total. The minimum Gasteiger partial charge on any atom is -0.321 e. The minimum atomic E-state index is -0.471. The monoisotopic (exact) mass is 359 g/mol. The van der Waals surface area contributed by atoms with Crippen LogP contribution >= 0.6 is 15.9 Å². The van der Waals surface area contributed by atoms with Gasteiger partial charge in [0.1, 0.15) is 0 Å². The number of hydrogen-bond acceptors (Lipinski definition) is 3. The number of rotatable bonds is 2. The molecule has 0 saturated heterocycles. The predicted molar refractivity (Wildman–Crippen MR) is 87.3 cm³/mol. The lowest BCUT2D eigenvalue weighted by atomic mass is 10.1. The number of anilines is 1. The molecule has 2 aromatic carbocycles. The topological polar surface area (TPSA) is 94.8 Å².